The lowest BCUT2D eigenvalue weighted by atomic mass is 9.86. The highest BCUT2D eigenvalue weighted by Crippen LogP contribution is 2.43. The topological polar surface area (TPSA) is 81.8 Å². The maximum Gasteiger partial charge on any atom is 0.245 e. The van der Waals surface area contributed by atoms with Crippen molar-refractivity contribution < 1.29 is 14.4 Å². The van der Waals surface area contributed by atoms with Gasteiger partial charge in [0.25, 0.3) is 0 Å². The first-order valence-corrected chi connectivity index (χ1v) is 13.8. The van der Waals surface area contributed by atoms with Crippen LogP contribution < -0.4 is 15.5 Å². The van der Waals surface area contributed by atoms with E-state index in [2.05, 4.69) is 10.6 Å². The summed E-state index contributed by atoms with van der Waals surface area (Å²) in [5.74, 6) is -0.0424. The minimum absolute atomic E-state index is 0.0385. The molecule has 0 spiro atoms. The van der Waals surface area contributed by atoms with Crippen LogP contribution in [-0.2, 0) is 26.2 Å². The van der Waals surface area contributed by atoms with Crippen molar-refractivity contribution >= 4 is 23.4 Å². The van der Waals surface area contributed by atoms with Crippen LogP contribution in [0, 0.1) is 0 Å². The molecule has 7 heteroatoms. The molecule has 2 aromatic rings. The zero-order valence-electron chi connectivity index (χ0n) is 23.4. The molecule has 2 aliphatic heterocycles. The number of amides is 3. The molecule has 2 aliphatic rings. The summed E-state index contributed by atoms with van der Waals surface area (Å²) >= 11 is 0. The predicted molar refractivity (Wildman–Crippen MR) is 151 cm³/mol. The molecule has 0 aromatic heterocycles. The first-order valence-electron chi connectivity index (χ1n) is 13.8. The fraction of sp³-hybridized carbons (Fsp3) is 0.516. The third kappa shape index (κ3) is 5.93. The number of benzene rings is 2. The highest BCUT2D eigenvalue weighted by Gasteiger charge is 2.46. The number of carbonyl (C=O) groups excluding carboxylic acids is 3. The fourth-order valence-electron chi connectivity index (χ4n) is 5.61. The molecule has 0 aliphatic carbocycles. The van der Waals surface area contributed by atoms with Gasteiger partial charge in [-0.2, -0.15) is 0 Å². The standard InChI is InChI=1S/C31H42N4O3/c1-30(2,32-5)21-27(36)33-25(16-15-22-11-7-6-8-12-22)28(37)34-19-17-23(18-20-34)35-26-14-10-9-13-24(26)31(3,4)29(35)38/h6-14,23,25,32H,15-21H2,1-5H3,(H,33,36)/t25-/m0/s1. The number of anilines is 1. The van der Waals surface area contributed by atoms with Crippen molar-refractivity contribution in [1.29, 1.82) is 0 Å². The van der Waals surface area contributed by atoms with E-state index in [4.69, 9.17) is 0 Å². The fourth-order valence-corrected chi connectivity index (χ4v) is 5.61. The molecule has 0 unspecified atom stereocenters. The lowest BCUT2D eigenvalue weighted by Crippen LogP contribution is -2.55. The van der Waals surface area contributed by atoms with Crippen LogP contribution in [0.2, 0.25) is 0 Å². The second-order valence-electron chi connectivity index (χ2n) is 11.8. The Morgan fingerprint density at radius 2 is 1.66 bits per heavy atom. The van der Waals surface area contributed by atoms with E-state index in [1.165, 1.54) is 0 Å². The number of nitrogens with zero attached hydrogens (tertiary/aromatic N) is 2. The number of fused-ring (bicyclic) bond motifs is 1. The van der Waals surface area contributed by atoms with Gasteiger partial charge in [-0.05, 0) is 77.6 Å². The average molecular weight is 519 g/mol. The van der Waals surface area contributed by atoms with Crippen LogP contribution in [0.5, 0.6) is 0 Å². The van der Waals surface area contributed by atoms with Crippen LogP contribution in [-0.4, -0.2) is 60.4 Å². The molecule has 1 saturated heterocycles. The molecule has 3 amide bonds. The van der Waals surface area contributed by atoms with Crippen LogP contribution in [0.3, 0.4) is 0 Å². The van der Waals surface area contributed by atoms with Gasteiger partial charge in [-0.25, -0.2) is 0 Å². The monoisotopic (exact) mass is 518 g/mol. The highest BCUT2D eigenvalue weighted by atomic mass is 16.2. The Hall–Kier alpha value is -3.19. The molecular weight excluding hydrogens is 476 g/mol. The zero-order valence-corrected chi connectivity index (χ0v) is 23.4. The summed E-state index contributed by atoms with van der Waals surface area (Å²) < 4.78 is 0. The molecule has 1 atom stereocenters. The Balaban J connectivity index is 1.43. The normalized spacial score (nSPS) is 18.3. The largest absolute Gasteiger partial charge is 0.344 e. The number of carbonyl (C=O) groups is 3. The predicted octanol–water partition coefficient (Wildman–Crippen LogP) is 3.81. The number of hydrogen-bond donors (Lipinski definition) is 2. The summed E-state index contributed by atoms with van der Waals surface area (Å²) in [5, 5.41) is 6.19. The number of para-hydroxylation sites is 1. The van der Waals surface area contributed by atoms with Gasteiger partial charge >= 0.3 is 0 Å². The molecule has 38 heavy (non-hydrogen) atoms. The molecular formula is C31H42N4O3. The van der Waals surface area contributed by atoms with E-state index >= 15 is 0 Å². The van der Waals surface area contributed by atoms with Crippen LogP contribution in [0.15, 0.2) is 54.6 Å². The summed E-state index contributed by atoms with van der Waals surface area (Å²) in [7, 11) is 1.83. The second-order valence-corrected chi connectivity index (χ2v) is 11.8. The van der Waals surface area contributed by atoms with E-state index in [1.807, 2.05) is 99.1 Å². The molecule has 2 N–H and O–H groups in total. The Labute approximate surface area is 227 Å². The molecule has 4 rings (SSSR count). The number of likely N-dealkylation sites (tertiary alicyclic amines) is 1. The molecule has 2 aromatic carbocycles. The van der Waals surface area contributed by atoms with E-state index < -0.39 is 11.5 Å². The number of hydrogen-bond acceptors (Lipinski definition) is 4. The van der Waals surface area contributed by atoms with Crippen molar-refractivity contribution in [3.63, 3.8) is 0 Å². The molecule has 0 saturated carbocycles. The second kappa shape index (κ2) is 11.3. The molecule has 0 bridgehead atoms. The van der Waals surface area contributed by atoms with Gasteiger partial charge in [0.1, 0.15) is 6.04 Å². The minimum atomic E-state index is -0.583. The van der Waals surface area contributed by atoms with Gasteiger partial charge in [0.2, 0.25) is 17.7 Å². The SMILES string of the molecule is CNC(C)(C)CC(=O)N[C@@H](CCc1ccccc1)C(=O)N1CCC(N2C(=O)C(C)(C)c3ccccc32)CC1. The Bertz CT molecular complexity index is 1150. The first-order chi connectivity index (χ1) is 18.0. The van der Waals surface area contributed by atoms with Crippen LogP contribution >= 0.6 is 0 Å². The summed E-state index contributed by atoms with van der Waals surface area (Å²) in [6, 6.07) is 17.6. The van der Waals surface area contributed by atoms with Crippen LogP contribution in [0.1, 0.15) is 64.5 Å². The first kappa shape index (κ1) is 27.8. The zero-order chi connectivity index (χ0) is 27.5. The maximum absolute atomic E-state index is 13.7. The lowest BCUT2D eigenvalue weighted by molar-refractivity contribution is -0.137. The van der Waals surface area contributed by atoms with E-state index in [-0.39, 0.29) is 35.7 Å². The lowest BCUT2D eigenvalue weighted by Gasteiger charge is -2.39. The maximum atomic E-state index is 13.7. The summed E-state index contributed by atoms with van der Waals surface area (Å²) in [4.78, 5) is 43.8. The van der Waals surface area contributed by atoms with Crippen molar-refractivity contribution in [2.75, 3.05) is 25.0 Å². The molecule has 0 radical (unpaired) electrons. The molecule has 7 nitrogen and oxygen atoms in total. The quantitative estimate of drug-likeness (QED) is 0.529. The number of nitrogens with one attached hydrogen (secondary N) is 2. The van der Waals surface area contributed by atoms with Gasteiger partial charge in [0, 0.05) is 36.8 Å². The van der Waals surface area contributed by atoms with Gasteiger partial charge in [0.05, 0.1) is 5.41 Å². The van der Waals surface area contributed by atoms with Crippen LogP contribution in [0.25, 0.3) is 0 Å². The molecule has 2 heterocycles. The third-order valence-corrected chi connectivity index (χ3v) is 8.21. The Morgan fingerprint density at radius 1 is 1.03 bits per heavy atom. The van der Waals surface area contributed by atoms with Crippen molar-refractivity contribution in [2.45, 2.75) is 82.8 Å². The van der Waals surface area contributed by atoms with Gasteiger partial charge in [-0.3, -0.25) is 14.4 Å². The highest BCUT2D eigenvalue weighted by molar-refractivity contribution is 6.08. The number of aryl methyl sites for hydroxylation is 1. The van der Waals surface area contributed by atoms with Crippen molar-refractivity contribution in [3.05, 3.63) is 65.7 Å². The van der Waals surface area contributed by atoms with E-state index in [1.54, 1.807) is 0 Å². The smallest absolute Gasteiger partial charge is 0.245 e. The van der Waals surface area contributed by atoms with Gasteiger partial charge < -0.3 is 20.4 Å². The number of rotatable bonds is 9. The van der Waals surface area contributed by atoms with E-state index in [9.17, 15) is 14.4 Å². The average Bonchev–Trinajstić information content (AvgIpc) is 3.11. The van der Waals surface area contributed by atoms with Gasteiger partial charge in [-0.1, -0.05) is 48.5 Å². The van der Waals surface area contributed by atoms with Crippen LogP contribution in [0.4, 0.5) is 5.69 Å². The van der Waals surface area contributed by atoms with E-state index in [0.717, 1.165) is 16.8 Å². The Kier molecular flexibility index (Phi) is 8.26. The third-order valence-electron chi connectivity index (χ3n) is 8.21. The van der Waals surface area contributed by atoms with Gasteiger partial charge in [0.15, 0.2) is 0 Å². The van der Waals surface area contributed by atoms with Crippen molar-refractivity contribution in [3.8, 4) is 0 Å². The summed E-state index contributed by atoms with van der Waals surface area (Å²) in [6.45, 7) is 9.05. The number of piperidine rings is 1. The summed E-state index contributed by atoms with van der Waals surface area (Å²) in [6.07, 6.45) is 2.97. The molecule has 204 valence electrons. The van der Waals surface area contributed by atoms with E-state index in [0.29, 0.717) is 38.8 Å². The summed E-state index contributed by atoms with van der Waals surface area (Å²) in [5.41, 5.74) is 2.30. The van der Waals surface area contributed by atoms with Crippen molar-refractivity contribution in [1.82, 2.24) is 15.5 Å². The van der Waals surface area contributed by atoms with Gasteiger partial charge in [-0.15, -0.1) is 0 Å². The molecule has 1 fully saturated rings. The Morgan fingerprint density at radius 3 is 2.32 bits per heavy atom. The minimum Gasteiger partial charge on any atom is -0.344 e. The van der Waals surface area contributed by atoms with Crippen molar-refractivity contribution in [2.24, 2.45) is 0 Å².